The molecule has 1 aromatic heterocycles. The van der Waals surface area contributed by atoms with E-state index in [1.807, 2.05) is 0 Å². The van der Waals surface area contributed by atoms with E-state index in [4.69, 9.17) is 5.73 Å². The van der Waals surface area contributed by atoms with Gasteiger partial charge >= 0.3 is 6.18 Å². The summed E-state index contributed by atoms with van der Waals surface area (Å²) in [4.78, 5) is 9.93. The zero-order valence-corrected chi connectivity index (χ0v) is 12.7. The van der Waals surface area contributed by atoms with E-state index in [-0.39, 0.29) is 25.1 Å². The summed E-state index contributed by atoms with van der Waals surface area (Å²) in [5.74, 6) is 0.713. The van der Waals surface area contributed by atoms with Gasteiger partial charge in [0.05, 0.1) is 18.2 Å². The van der Waals surface area contributed by atoms with Crippen molar-refractivity contribution in [1.29, 1.82) is 0 Å². The molecule has 0 amide bonds. The zero-order valence-electron chi connectivity index (χ0n) is 12.7. The van der Waals surface area contributed by atoms with Crippen molar-refractivity contribution in [2.45, 2.75) is 31.3 Å². The number of nitrogen functional groups attached to an aromatic ring is 1. The average Bonchev–Trinajstić information content (AvgIpc) is 2.87. The number of β-amino-alcohol motifs (C(OH)–C–C–N with tert-alkyl or cyclic N) is 1. The number of benzene rings is 1. The zero-order chi connectivity index (χ0) is 17.3. The predicted octanol–water partition coefficient (Wildman–Crippen LogP) is 2.39. The Kier molecular flexibility index (Phi) is 4.42. The van der Waals surface area contributed by atoms with Crippen LogP contribution in [0.2, 0.25) is 0 Å². The Morgan fingerprint density at radius 3 is 2.71 bits per heavy atom. The number of hydrogen-bond acceptors (Lipinski definition) is 5. The largest absolute Gasteiger partial charge is 0.416 e. The quantitative estimate of drug-likeness (QED) is 0.899. The predicted molar refractivity (Wildman–Crippen MR) is 81.7 cm³/mol. The maximum Gasteiger partial charge on any atom is 0.416 e. The summed E-state index contributed by atoms with van der Waals surface area (Å²) in [5, 5.41) is 9.97. The van der Waals surface area contributed by atoms with Crippen LogP contribution in [-0.2, 0) is 12.7 Å². The fourth-order valence-electron chi connectivity index (χ4n) is 3.10. The lowest BCUT2D eigenvalue weighted by Crippen LogP contribution is -2.27. The van der Waals surface area contributed by atoms with Crippen molar-refractivity contribution in [2.75, 3.05) is 12.3 Å². The van der Waals surface area contributed by atoms with E-state index in [1.165, 1.54) is 18.3 Å². The summed E-state index contributed by atoms with van der Waals surface area (Å²) in [6.07, 6.45) is -3.40. The molecule has 3 N–H and O–H groups in total. The van der Waals surface area contributed by atoms with Gasteiger partial charge in [0.15, 0.2) is 0 Å². The molecule has 1 saturated heterocycles. The fourth-order valence-corrected chi connectivity index (χ4v) is 3.10. The standard InChI is InChI=1S/C16H17F3N4O/c17-16(18,19)12-4-2-1-3-11(12)13-7-10(24)8-23(13)9-15-21-6-5-14(20)22-15/h1-6,10,13,24H,7-9H2,(H2,20,21,22)/t10-,13-/m1/s1. The highest BCUT2D eigenvalue weighted by Crippen LogP contribution is 2.40. The van der Waals surface area contributed by atoms with E-state index in [0.29, 0.717) is 11.6 Å². The number of aliphatic hydroxyl groups excluding tert-OH is 1. The summed E-state index contributed by atoms with van der Waals surface area (Å²) >= 11 is 0. The summed E-state index contributed by atoms with van der Waals surface area (Å²) in [6.45, 7) is 0.480. The third-order valence-electron chi connectivity index (χ3n) is 4.08. The Balaban J connectivity index is 1.92. The molecule has 2 heterocycles. The van der Waals surface area contributed by atoms with Crippen molar-refractivity contribution in [1.82, 2.24) is 14.9 Å². The van der Waals surface area contributed by atoms with Gasteiger partial charge in [-0.3, -0.25) is 4.90 Å². The maximum atomic E-state index is 13.3. The molecule has 1 fully saturated rings. The minimum Gasteiger partial charge on any atom is -0.392 e. The van der Waals surface area contributed by atoms with Gasteiger partial charge in [0.2, 0.25) is 0 Å². The van der Waals surface area contributed by atoms with Crippen molar-refractivity contribution >= 4 is 5.82 Å². The van der Waals surface area contributed by atoms with Gasteiger partial charge in [0.1, 0.15) is 11.6 Å². The van der Waals surface area contributed by atoms with Crippen LogP contribution < -0.4 is 5.73 Å². The molecule has 0 unspecified atom stereocenters. The molecule has 1 aromatic carbocycles. The van der Waals surface area contributed by atoms with Crippen molar-refractivity contribution in [3.05, 3.63) is 53.5 Å². The van der Waals surface area contributed by atoms with Gasteiger partial charge in [0, 0.05) is 18.8 Å². The Morgan fingerprint density at radius 2 is 2.00 bits per heavy atom. The number of halogens is 3. The Morgan fingerprint density at radius 1 is 1.25 bits per heavy atom. The minimum absolute atomic E-state index is 0.158. The highest BCUT2D eigenvalue weighted by Gasteiger charge is 2.39. The second kappa shape index (κ2) is 6.37. The molecule has 8 heteroatoms. The third-order valence-corrected chi connectivity index (χ3v) is 4.08. The number of aliphatic hydroxyl groups is 1. The number of rotatable bonds is 3. The number of nitrogens with zero attached hydrogens (tertiary/aromatic N) is 3. The summed E-state index contributed by atoms with van der Waals surface area (Å²) in [7, 11) is 0. The lowest BCUT2D eigenvalue weighted by molar-refractivity contribution is -0.138. The van der Waals surface area contributed by atoms with Gasteiger partial charge in [-0.25, -0.2) is 9.97 Å². The molecule has 0 aliphatic carbocycles. The van der Waals surface area contributed by atoms with E-state index < -0.39 is 23.9 Å². The van der Waals surface area contributed by atoms with Crippen LogP contribution in [0.5, 0.6) is 0 Å². The number of nitrogens with two attached hydrogens (primary N) is 1. The van der Waals surface area contributed by atoms with Crippen LogP contribution in [-0.4, -0.2) is 32.6 Å². The van der Waals surface area contributed by atoms with Crippen LogP contribution >= 0.6 is 0 Å². The summed E-state index contributed by atoms with van der Waals surface area (Å²) in [5.41, 5.74) is 5.10. The van der Waals surface area contributed by atoms with Gasteiger partial charge in [-0.2, -0.15) is 13.2 Å². The topological polar surface area (TPSA) is 75.3 Å². The monoisotopic (exact) mass is 338 g/mol. The molecule has 3 rings (SSSR count). The summed E-state index contributed by atoms with van der Waals surface area (Å²) < 4.78 is 39.9. The van der Waals surface area contributed by atoms with Gasteiger partial charge in [-0.1, -0.05) is 18.2 Å². The molecule has 0 radical (unpaired) electrons. The Labute approximate surface area is 137 Å². The van der Waals surface area contributed by atoms with E-state index in [1.54, 1.807) is 17.0 Å². The number of likely N-dealkylation sites (tertiary alicyclic amines) is 1. The lowest BCUT2D eigenvalue weighted by atomic mass is 9.97. The molecule has 128 valence electrons. The molecule has 1 aliphatic heterocycles. The van der Waals surface area contributed by atoms with Crippen LogP contribution in [0.3, 0.4) is 0 Å². The molecule has 2 aromatic rings. The van der Waals surface area contributed by atoms with Crippen LogP contribution in [0.15, 0.2) is 36.5 Å². The second-order valence-electron chi connectivity index (χ2n) is 5.82. The van der Waals surface area contributed by atoms with E-state index in [2.05, 4.69) is 9.97 Å². The molecule has 0 bridgehead atoms. The summed E-state index contributed by atoms with van der Waals surface area (Å²) in [6, 6.07) is 6.45. The molecule has 0 saturated carbocycles. The molecule has 1 aliphatic rings. The second-order valence-corrected chi connectivity index (χ2v) is 5.82. The first-order chi connectivity index (χ1) is 11.3. The first kappa shape index (κ1) is 16.7. The number of anilines is 1. The fraction of sp³-hybridized carbons (Fsp3) is 0.375. The smallest absolute Gasteiger partial charge is 0.392 e. The average molecular weight is 338 g/mol. The third kappa shape index (κ3) is 3.49. The SMILES string of the molecule is Nc1ccnc(CN2C[C@H](O)C[C@@H]2c2ccccc2C(F)(F)F)n1. The van der Waals surface area contributed by atoms with Gasteiger partial charge in [-0.05, 0) is 24.1 Å². The van der Waals surface area contributed by atoms with E-state index in [9.17, 15) is 18.3 Å². The van der Waals surface area contributed by atoms with Crippen molar-refractivity contribution in [3.63, 3.8) is 0 Å². The first-order valence-corrected chi connectivity index (χ1v) is 7.50. The number of alkyl halides is 3. The van der Waals surface area contributed by atoms with E-state index in [0.717, 1.165) is 6.07 Å². The van der Waals surface area contributed by atoms with Gasteiger partial charge < -0.3 is 10.8 Å². The highest BCUT2D eigenvalue weighted by molar-refractivity contribution is 5.33. The number of aromatic nitrogens is 2. The van der Waals surface area contributed by atoms with E-state index >= 15 is 0 Å². The van der Waals surface area contributed by atoms with Crippen molar-refractivity contribution in [2.24, 2.45) is 0 Å². The minimum atomic E-state index is -4.44. The molecule has 2 atom stereocenters. The van der Waals surface area contributed by atoms with Crippen molar-refractivity contribution in [3.8, 4) is 0 Å². The van der Waals surface area contributed by atoms with Gasteiger partial charge in [0.25, 0.3) is 0 Å². The van der Waals surface area contributed by atoms with Gasteiger partial charge in [-0.15, -0.1) is 0 Å². The Hall–Kier alpha value is -2.19. The first-order valence-electron chi connectivity index (χ1n) is 7.50. The van der Waals surface area contributed by atoms with Crippen molar-refractivity contribution < 1.29 is 18.3 Å². The molecular formula is C16H17F3N4O. The number of hydrogen-bond donors (Lipinski definition) is 2. The molecule has 24 heavy (non-hydrogen) atoms. The lowest BCUT2D eigenvalue weighted by Gasteiger charge is -2.26. The molecular weight excluding hydrogens is 321 g/mol. The molecule has 0 spiro atoms. The highest BCUT2D eigenvalue weighted by atomic mass is 19.4. The van der Waals surface area contributed by atoms with Crippen LogP contribution in [0.4, 0.5) is 19.0 Å². The molecule has 5 nitrogen and oxygen atoms in total. The van der Waals surface area contributed by atoms with Crippen LogP contribution in [0, 0.1) is 0 Å². The van der Waals surface area contributed by atoms with Crippen LogP contribution in [0.1, 0.15) is 29.4 Å². The van der Waals surface area contributed by atoms with Crippen LogP contribution in [0.25, 0.3) is 0 Å². The normalized spacial score (nSPS) is 22.0. The Bertz CT molecular complexity index is 722. The maximum absolute atomic E-state index is 13.3.